The number of hydrogen-bond acceptors (Lipinski definition) is 2. The molecule has 0 aliphatic rings. The molecule has 2 rings (SSSR count). The van der Waals surface area contributed by atoms with Crippen LogP contribution in [0, 0.1) is 26.6 Å². The average Bonchev–Trinajstić information content (AvgIpc) is 2.36. The van der Waals surface area contributed by atoms with Gasteiger partial charge in [0.25, 0.3) is 0 Å². The Kier molecular flexibility index (Phi) is 4.51. The van der Waals surface area contributed by atoms with Crippen molar-refractivity contribution in [2.24, 2.45) is 0 Å². The molecule has 0 unspecified atom stereocenters. The molecule has 2 aromatic rings. The van der Waals surface area contributed by atoms with Gasteiger partial charge in [0, 0.05) is 9.79 Å². The predicted octanol–water partition coefficient (Wildman–Crippen LogP) is 4.96. The van der Waals surface area contributed by atoms with Gasteiger partial charge >= 0.3 is 0 Å². The summed E-state index contributed by atoms with van der Waals surface area (Å²) >= 11 is 1.57. The lowest BCUT2D eigenvalue weighted by Crippen LogP contribution is -1.97. The molecule has 0 aliphatic carbocycles. The van der Waals surface area contributed by atoms with E-state index < -0.39 is 6.10 Å². The Morgan fingerprint density at radius 1 is 1.00 bits per heavy atom. The predicted molar refractivity (Wildman–Crippen MR) is 81.8 cm³/mol. The summed E-state index contributed by atoms with van der Waals surface area (Å²) in [5, 5.41) is 9.83. The van der Waals surface area contributed by atoms with Crippen molar-refractivity contribution >= 4 is 11.8 Å². The lowest BCUT2D eigenvalue weighted by molar-refractivity contribution is 0.196. The quantitative estimate of drug-likeness (QED) is 0.862. The summed E-state index contributed by atoms with van der Waals surface area (Å²) in [7, 11) is 0. The van der Waals surface area contributed by atoms with E-state index in [4.69, 9.17) is 0 Å². The zero-order valence-corrected chi connectivity index (χ0v) is 13.0. The lowest BCUT2D eigenvalue weighted by Gasteiger charge is -2.14. The summed E-state index contributed by atoms with van der Waals surface area (Å²) in [6.45, 7) is 7.53. The molecule has 1 nitrogen and oxygen atoms in total. The smallest absolute Gasteiger partial charge is 0.126 e. The topological polar surface area (TPSA) is 20.2 Å². The Bertz CT molecular complexity index is 635. The van der Waals surface area contributed by atoms with Gasteiger partial charge in [-0.1, -0.05) is 29.5 Å². The van der Waals surface area contributed by atoms with E-state index in [1.807, 2.05) is 0 Å². The molecule has 20 heavy (non-hydrogen) atoms. The molecule has 0 fully saturated rings. The van der Waals surface area contributed by atoms with Gasteiger partial charge in [0.1, 0.15) is 5.82 Å². The largest absolute Gasteiger partial charge is 0.389 e. The van der Waals surface area contributed by atoms with Crippen molar-refractivity contribution < 1.29 is 9.50 Å². The highest BCUT2D eigenvalue weighted by Gasteiger charge is 2.13. The first-order valence-corrected chi connectivity index (χ1v) is 7.43. The van der Waals surface area contributed by atoms with Crippen LogP contribution in [0.2, 0.25) is 0 Å². The van der Waals surface area contributed by atoms with E-state index in [-0.39, 0.29) is 5.82 Å². The first kappa shape index (κ1) is 15.1. The van der Waals surface area contributed by atoms with Crippen LogP contribution < -0.4 is 0 Å². The SMILES string of the molecule is Cc1ccc(Sc2cc(C)c(F)cc2[C@@H](C)O)c(C)c1. The van der Waals surface area contributed by atoms with Crippen LogP contribution in [0.4, 0.5) is 4.39 Å². The number of rotatable bonds is 3. The van der Waals surface area contributed by atoms with E-state index >= 15 is 0 Å². The number of hydrogen-bond donors (Lipinski definition) is 1. The van der Waals surface area contributed by atoms with Crippen LogP contribution in [0.1, 0.15) is 35.3 Å². The number of benzene rings is 2. The standard InChI is InChI=1S/C17H19FOS/c1-10-5-6-16(12(3)7-10)20-17-8-11(2)15(18)9-14(17)13(4)19/h5-9,13,19H,1-4H3/t13-/m1/s1. The van der Waals surface area contributed by atoms with Crippen LogP contribution in [0.3, 0.4) is 0 Å². The fourth-order valence-corrected chi connectivity index (χ4v) is 3.29. The van der Waals surface area contributed by atoms with Gasteiger partial charge in [0.2, 0.25) is 0 Å². The first-order chi connectivity index (χ1) is 9.38. The minimum absolute atomic E-state index is 0.272. The minimum atomic E-state index is -0.682. The second-order valence-corrected chi connectivity index (χ2v) is 6.27. The molecule has 2 aromatic carbocycles. The van der Waals surface area contributed by atoms with Crippen molar-refractivity contribution in [3.05, 3.63) is 58.4 Å². The summed E-state index contributed by atoms with van der Waals surface area (Å²) in [5.41, 5.74) is 3.64. The van der Waals surface area contributed by atoms with Crippen LogP contribution in [0.25, 0.3) is 0 Å². The highest BCUT2D eigenvalue weighted by Crippen LogP contribution is 2.36. The Labute approximate surface area is 123 Å². The molecule has 1 atom stereocenters. The van der Waals surface area contributed by atoms with Crippen molar-refractivity contribution in [3.63, 3.8) is 0 Å². The summed E-state index contributed by atoms with van der Waals surface area (Å²) in [6.07, 6.45) is -0.682. The third-order valence-corrected chi connectivity index (χ3v) is 4.54. The normalized spacial score (nSPS) is 12.5. The summed E-state index contributed by atoms with van der Waals surface area (Å²) in [5.74, 6) is -0.272. The highest BCUT2D eigenvalue weighted by atomic mass is 32.2. The molecule has 106 valence electrons. The van der Waals surface area contributed by atoms with Gasteiger partial charge in [0.15, 0.2) is 0 Å². The van der Waals surface area contributed by atoms with Crippen molar-refractivity contribution in [2.45, 2.75) is 43.6 Å². The second-order valence-electron chi connectivity index (χ2n) is 5.19. The third kappa shape index (κ3) is 3.22. The summed E-state index contributed by atoms with van der Waals surface area (Å²) < 4.78 is 13.7. The maximum absolute atomic E-state index is 13.7. The van der Waals surface area contributed by atoms with E-state index in [1.54, 1.807) is 31.7 Å². The molecular weight excluding hydrogens is 271 g/mol. The Balaban J connectivity index is 2.44. The number of aliphatic hydroxyl groups excluding tert-OH is 1. The Morgan fingerprint density at radius 2 is 1.70 bits per heavy atom. The molecular formula is C17H19FOS. The van der Waals surface area contributed by atoms with Crippen LogP contribution in [-0.2, 0) is 0 Å². The first-order valence-electron chi connectivity index (χ1n) is 6.61. The van der Waals surface area contributed by atoms with Gasteiger partial charge in [0.05, 0.1) is 6.10 Å². The van der Waals surface area contributed by atoms with Crippen molar-refractivity contribution in [2.75, 3.05) is 0 Å². The molecule has 0 spiro atoms. The van der Waals surface area contributed by atoms with Gasteiger partial charge in [-0.25, -0.2) is 4.39 Å². The zero-order valence-electron chi connectivity index (χ0n) is 12.2. The molecule has 3 heteroatoms. The van der Waals surface area contributed by atoms with Crippen molar-refractivity contribution in [1.82, 2.24) is 0 Å². The maximum Gasteiger partial charge on any atom is 0.126 e. The van der Waals surface area contributed by atoms with Gasteiger partial charge in [-0.15, -0.1) is 0 Å². The second kappa shape index (κ2) is 5.98. The van der Waals surface area contributed by atoms with Crippen LogP contribution in [0.5, 0.6) is 0 Å². The van der Waals surface area contributed by atoms with Crippen molar-refractivity contribution in [3.8, 4) is 0 Å². The zero-order chi connectivity index (χ0) is 14.9. The fraction of sp³-hybridized carbons (Fsp3) is 0.294. The molecule has 0 heterocycles. The monoisotopic (exact) mass is 290 g/mol. The molecule has 0 saturated heterocycles. The van der Waals surface area contributed by atoms with Crippen LogP contribution in [-0.4, -0.2) is 5.11 Å². The van der Waals surface area contributed by atoms with Gasteiger partial charge in [-0.3, -0.25) is 0 Å². The molecule has 1 N–H and O–H groups in total. The summed E-state index contributed by atoms with van der Waals surface area (Å²) in [4.78, 5) is 2.04. The fourth-order valence-electron chi connectivity index (χ4n) is 2.12. The van der Waals surface area contributed by atoms with Gasteiger partial charge in [-0.2, -0.15) is 0 Å². The van der Waals surface area contributed by atoms with E-state index in [9.17, 15) is 9.50 Å². The highest BCUT2D eigenvalue weighted by molar-refractivity contribution is 7.99. The Hall–Kier alpha value is -1.32. The van der Waals surface area contributed by atoms with Crippen molar-refractivity contribution in [1.29, 1.82) is 0 Å². The number of aryl methyl sites for hydroxylation is 3. The van der Waals surface area contributed by atoms with Gasteiger partial charge in [-0.05, 0) is 62.6 Å². The Morgan fingerprint density at radius 3 is 2.30 bits per heavy atom. The number of aliphatic hydroxyl groups is 1. The molecule has 0 aliphatic heterocycles. The maximum atomic E-state index is 13.7. The van der Waals surface area contributed by atoms with Crippen LogP contribution >= 0.6 is 11.8 Å². The molecule has 0 aromatic heterocycles. The number of halogens is 1. The van der Waals surface area contributed by atoms with E-state index in [2.05, 4.69) is 32.0 Å². The van der Waals surface area contributed by atoms with E-state index in [0.29, 0.717) is 11.1 Å². The lowest BCUT2D eigenvalue weighted by atomic mass is 10.1. The van der Waals surface area contributed by atoms with E-state index in [1.165, 1.54) is 17.2 Å². The summed E-state index contributed by atoms with van der Waals surface area (Å²) in [6, 6.07) is 9.50. The molecule has 0 saturated carbocycles. The van der Waals surface area contributed by atoms with E-state index in [0.717, 1.165) is 9.79 Å². The molecule has 0 amide bonds. The average molecular weight is 290 g/mol. The van der Waals surface area contributed by atoms with Gasteiger partial charge < -0.3 is 5.11 Å². The third-order valence-electron chi connectivity index (χ3n) is 3.29. The molecule has 0 radical (unpaired) electrons. The van der Waals surface area contributed by atoms with Crippen LogP contribution in [0.15, 0.2) is 40.1 Å². The molecule has 0 bridgehead atoms. The minimum Gasteiger partial charge on any atom is -0.389 e.